The second kappa shape index (κ2) is 7.76. The molecule has 1 saturated heterocycles. The maximum Gasteiger partial charge on any atom is 0.286 e. The van der Waals surface area contributed by atoms with E-state index < -0.39 is 0 Å². The van der Waals surface area contributed by atoms with Crippen molar-refractivity contribution in [3.05, 3.63) is 75.7 Å². The van der Waals surface area contributed by atoms with Gasteiger partial charge in [0.05, 0.1) is 11.1 Å². The number of nitrogens with zero attached hydrogens (tertiary/aromatic N) is 2. The van der Waals surface area contributed by atoms with Crippen molar-refractivity contribution in [3.63, 3.8) is 0 Å². The maximum atomic E-state index is 12.5. The van der Waals surface area contributed by atoms with Gasteiger partial charge in [0.1, 0.15) is 0 Å². The molecule has 0 atom stereocenters. The minimum atomic E-state index is -0.183. The van der Waals surface area contributed by atoms with Crippen LogP contribution in [0, 0.1) is 6.92 Å². The average Bonchev–Trinajstić information content (AvgIpc) is 2.89. The standard InChI is InChI=1S/C20H18N2OS2/c1-3-15-8-10-17(11-9-15)13-21-22-19(23)18(25-20(22)24)12-16-6-4-14(2)5-7-16/h4-13H,3H2,1-2H3/b18-12+,21-13+. The van der Waals surface area contributed by atoms with Crippen molar-refractivity contribution < 1.29 is 4.79 Å². The molecule has 1 aliphatic heterocycles. The van der Waals surface area contributed by atoms with Crippen molar-refractivity contribution in [2.24, 2.45) is 5.10 Å². The SMILES string of the molecule is CCc1ccc(/C=N/N2C(=O)/C(=C\c3ccc(C)cc3)SC2=S)cc1. The normalized spacial score (nSPS) is 16.4. The molecule has 1 aliphatic rings. The minimum Gasteiger partial charge on any atom is -0.266 e. The highest BCUT2D eigenvalue weighted by Crippen LogP contribution is 2.32. The van der Waals surface area contributed by atoms with Gasteiger partial charge in [-0.25, -0.2) is 0 Å². The van der Waals surface area contributed by atoms with Gasteiger partial charge in [-0.05, 0) is 48.3 Å². The maximum absolute atomic E-state index is 12.5. The van der Waals surface area contributed by atoms with E-state index >= 15 is 0 Å². The summed E-state index contributed by atoms with van der Waals surface area (Å²) in [6.45, 7) is 4.15. The van der Waals surface area contributed by atoms with Crippen LogP contribution in [0.15, 0.2) is 58.5 Å². The number of hydrogen-bond acceptors (Lipinski definition) is 4. The van der Waals surface area contributed by atoms with Gasteiger partial charge in [-0.1, -0.05) is 72.8 Å². The lowest BCUT2D eigenvalue weighted by Gasteiger charge is -2.06. The van der Waals surface area contributed by atoms with E-state index in [9.17, 15) is 4.79 Å². The van der Waals surface area contributed by atoms with Gasteiger partial charge < -0.3 is 0 Å². The molecule has 1 amide bonds. The zero-order chi connectivity index (χ0) is 17.8. The number of rotatable bonds is 4. The van der Waals surface area contributed by atoms with Gasteiger partial charge in [-0.3, -0.25) is 4.79 Å². The van der Waals surface area contributed by atoms with Crippen LogP contribution in [0.2, 0.25) is 0 Å². The summed E-state index contributed by atoms with van der Waals surface area (Å²) in [6.07, 6.45) is 4.51. The van der Waals surface area contributed by atoms with Crippen molar-refractivity contribution in [2.45, 2.75) is 20.3 Å². The highest BCUT2D eigenvalue weighted by molar-refractivity contribution is 8.26. The number of benzene rings is 2. The van der Waals surface area contributed by atoms with Gasteiger partial charge in [0.25, 0.3) is 5.91 Å². The summed E-state index contributed by atoms with van der Waals surface area (Å²) in [4.78, 5) is 13.1. The van der Waals surface area contributed by atoms with Crippen LogP contribution in [0.25, 0.3) is 6.08 Å². The Hall–Kier alpha value is -2.24. The largest absolute Gasteiger partial charge is 0.286 e. The molecule has 1 fully saturated rings. The summed E-state index contributed by atoms with van der Waals surface area (Å²) in [6, 6.07) is 16.1. The Bertz CT molecular complexity index is 852. The summed E-state index contributed by atoms with van der Waals surface area (Å²) < 4.78 is 0.449. The molecule has 0 spiro atoms. The second-order valence-electron chi connectivity index (χ2n) is 5.74. The van der Waals surface area contributed by atoms with Crippen LogP contribution < -0.4 is 0 Å². The zero-order valence-electron chi connectivity index (χ0n) is 14.1. The molecule has 126 valence electrons. The van der Waals surface area contributed by atoms with Crippen molar-refractivity contribution in [1.82, 2.24) is 5.01 Å². The fourth-order valence-corrected chi connectivity index (χ4v) is 3.51. The molecule has 25 heavy (non-hydrogen) atoms. The van der Waals surface area contributed by atoms with E-state index in [-0.39, 0.29) is 5.91 Å². The third-order valence-corrected chi connectivity index (χ3v) is 5.14. The monoisotopic (exact) mass is 366 g/mol. The third kappa shape index (κ3) is 4.24. The fourth-order valence-electron chi connectivity index (χ4n) is 2.34. The average molecular weight is 367 g/mol. The molecule has 0 bridgehead atoms. The summed E-state index contributed by atoms with van der Waals surface area (Å²) in [5.74, 6) is -0.183. The molecule has 0 saturated carbocycles. The predicted molar refractivity (Wildman–Crippen MR) is 110 cm³/mol. The van der Waals surface area contributed by atoms with E-state index in [0.717, 1.165) is 17.5 Å². The summed E-state index contributed by atoms with van der Waals surface area (Å²) in [7, 11) is 0. The van der Waals surface area contributed by atoms with Crippen LogP contribution in [0.5, 0.6) is 0 Å². The van der Waals surface area contributed by atoms with Crippen LogP contribution >= 0.6 is 24.0 Å². The lowest BCUT2D eigenvalue weighted by Crippen LogP contribution is -2.22. The Morgan fingerprint density at radius 3 is 2.36 bits per heavy atom. The lowest BCUT2D eigenvalue weighted by molar-refractivity contribution is -0.122. The molecule has 2 aromatic carbocycles. The number of hydrazone groups is 1. The lowest BCUT2D eigenvalue weighted by atomic mass is 10.1. The van der Waals surface area contributed by atoms with E-state index in [4.69, 9.17) is 12.2 Å². The van der Waals surface area contributed by atoms with E-state index in [0.29, 0.717) is 9.23 Å². The highest BCUT2D eigenvalue weighted by Gasteiger charge is 2.31. The summed E-state index contributed by atoms with van der Waals surface area (Å²) in [5, 5.41) is 5.56. The molecule has 0 unspecified atom stereocenters. The smallest absolute Gasteiger partial charge is 0.266 e. The van der Waals surface area contributed by atoms with E-state index in [1.165, 1.54) is 27.9 Å². The van der Waals surface area contributed by atoms with Crippen molar-refractivity contribution in [2.75, 3.05) is 0 Å². The number of carbonyl (C=O) groups excluding carboxylic acids is 1. The molecule has 2 aromatic rings. The predicted octanol–water partition coefficient (Wildman–Crippen LogP) is 4.79. The van der Waals surface area contributed by atoms with Gasteiger partial charge in [-0.2, -0.15) is 10.1 Å². The second-order valence-corrected chi connectivity index (χ2v) is 7.42. The number of aryl methyl sites for hydroxylation is 2. The van der Waals surface area contributed by atoms with Crippen molar-refractivity contribution in [1.29, 1.82) is 0 Å². The summed E-state index contributed by atoms with van der Waals surface area (Å²) in [5.41, 5.74) is 4.37. The molecule has 3 nitrogen and oxygen atoms in total. The fraction of sp³-hybridized carbons (Fsp3) is 0.150. The van der Waals surface area contributed by atoms with E-state index in [2.05, 4.69) is 24.2 Å². The highest BCUT2D eigenvalue weighted by atomic mass is 32.2. The van der Waals surface area contributed by atoms with Gasteiger partial charge in [-0.15, -0.1) is 0 Å². The zero-order valence-corrected chi connectivity index (χ0v) is 15.7. The first-order valence-electron chi connectivity index (χ1n) is 8.04. The van der Waals surface area contributed by atoms with Crippen LogP contribution in [0.3, 0.4) is 0 Å². The third-order valence-electron chi connectivity index (χ3n) is 3.86. The first-order valence-corrected chi connectivity index (χ1v) is 9.27. The number of hydrogen-bond donors (Lipinski definition) is 0. The number of thiocarbonyl (C=S) groups is 1. The number of amides is 1. The Morgan fingerprint density at radius 1 is 1.08 bits per heavy atom. The molecule has 0 aliphatic carbocycles. The molecular weight excluding hydrogens is 348 g/mol. The molecule has 3 rings (SSSR count). The van der Waals surface area contributed by atoms with Crippen LogP contribution in [0.1, 0.15) is 29.2 Å². The van der Waals surface area contributed by atoms with Gasteiger partial charge in [0.2, 0.25) is 0 Å². The molecular formula is C20H18N2OS2. The Labute approximate surface area is 157 Å². The molecule has 1 heterocycles. The Balaban J connectivity index is 1.76. The first kappa shape index (κ1) is 17.6. The number of thioether (sulfide) groups is 1. The summed E-state index contributed by atoms with van der Waals surface area (Å²) >= 11 is 6.58. The van der Waals surface area contributed by atoms with Gasteiger partial charge >= 0.3 is 0 Å². The van der Waals surface area contributed by atoms with Crippen LogP contribution in [-0.4, -0.2) is 21.5 Å². The van der Waals surface area contributed by atoms with Gasteiger partial charge in [0.15, 0.2) is 4.32 Å². The van der Waals surface area contributed by atoms with Crippen molar-refractivity contribution >= 4 is 46.5 Å². The molecule has 5 heteroatoms. The van der Waals surface area contributed by atoms with Gasteiger partial charge in [0, 0.05) is 0 Å². The topological polar surface area (TPSA) is 32.7 Å². The molecule has 0 aromatic heterocycles. The quantitative estimate of drug-likeness (QED) is 0.443. The Morgan fingerprint density at radius 2 is 1.72 bits per heavy atom. The molecule has 0 radical (unpaired) electrons. The van der Waals surface area contributed by atoms with Crippen molar-refractivity contribution in [3.8, 4) is 0 Å². The number of carbonyl (C=O) groups is 1. The van der Waals surface area contributed by atoms with Crippen LogP contribution in [-0.2, 0) is 11.2 Å². The van der Waals surface area contributed by atoms with Crippen LogP contribution in [0.4, 0.5) is 0 Å². The molecule has 0 N–H and O–H groups in total. The minimum absolute atomic E-state index is 0.183. The van der Waals surface area contributed by atoms with E-state index in [1.54, 1.807) is 6.21 Å². The van der Waals surface area contributed by atoms with E-state index in [1.807, 2.05) is 49.4 Å². The Kier molecular flexibility index (Phi) is 5.46. The first-order chi connectivity index (χ1) is 12.1.